The van der Waals surface area contributed by atoms with Crippen LogP contribution in [0.15, 0.2) is 47.4 Å². The second kappa shape index (κ2) is 7.64. The van der Waals surface area contributed by atoms with Gasteiger partial charge >= 0.3 is 5.69 Å². The standard InChI is InChI=1S/C19H21FN2O4S/c1-27(25,26)18-7-3-6-17(19(18)22(23)24)21-10-8-14(9-11-21)12-15-4-2-5-16(20)13-15/h2-7,13-14H,8-12H2,1H3. The number of nitro benzene ring substituents is 1. The lowest BCUT2D eigenvalue weighted by Crippen LogP contribution is -2.34. The van der Waals surface area contributed by atoms with Crippen LogP contribution >= 0.6 is 0 Å². The summed E-state index contributed by atoms with van der Waals surface area (Å²) in [5.74, 6) is 0.110. The lowest BCUT2D eigenvalue weighted by Gasteiger charge is -2.33. The molecule has 1 aliphatic heterocycles. The van der Waals surface area contributed by atoms with Gasteiger partial charge in [-0.25, -0.2) is 12.8 Å². The van der Waals surface area contributed by atoms with Gasteiger partial charge in [-0.3, -0.25) is 10.1 Å². The van der Waals surface area contributed by atoms with E-state index in [1.807, 2.05) is 11.0 Å². The van der Waals surface area contributed by atoms with E-state index in [9.17, 15) is 22.9 Å². The molecule has 0 bridgehead atoms. The average Bonchev–Trinajstić information content (AvgIpc) is 2.61. The molecule has 1 fully saturated rings. The molecule has 0 aliphatic carbocycles. The van der Waals surface area contributed by atoms with Crippen LogP contribution in [0.25, 0.3) is 0 Å². The van der Waals surface area contributed by atoms with E-state index in [1.165, 1.54) is 24.3 Å². The lowest BCUT2D eigenvalue weighted by atomic mass is 9.90. The molecule has 6 nitrogen and oxygen atoms in total. The van der Waals surface area contributed by atoms with E-state index in [2.05, 4.69) is 0 Å². The Morgan fingerprint density at radius 3 is 2.44 bits per heavy atom. The van der Waals surface area contributed by atoms with Crippen molar-refractivity contribution in [1.82, 2.24) is 0 Å². The van der Waals surface area contributed by atoms with Gasteiger partial charge in [-0.15, -0.1) is 0 Å². The third-order valence-electron chi connectivity index (χ3n) is 4.93. The molecule has 144 valence electrons. The smallest absolute Gasteiger partial charge is 0.311 e. The van der Waals surface area contributed by atoms with Gasteiger partial charge in [-0.2, -0.15) is 0 Å². The predicted molar refractivity (Wildman–Crippen MR) is 101 cm³/mol. The molecule has 2 aromatic carbocycles. The number of hydrogen-bond acceptors (Lipinski definition) is 5. The molecule has 0 unspecified atom stereocenters. The molecule has 2 aromatic rings. The second-order valence-electron chi connectivity index (χ2n) is 6.92. The number of sulfone groups is 1. The number of halogens is 1. The highest BCUT2D eigenvalue weighted by atomic mass is 32.2. The van der Waals surface area contributed by atoms with Crippen LogP contribution in [0.4, 0.5) is 15.8 Å². The number of anilines is 1. The molecule has 0 saturated carbocycles. The van der Waals surface area contributed by atoms with Crippen LogP contribution in [0, 0.1) is 21.8 Å². The van der Waals surface area contributed by atoms with Gasteiger partial charge in [0.1, 0.15) is 16.4 Å². The quantitative estimate of drug-likeness (QED) is 0.574. The van der Waals surface area contributed by atoms with Gasteiger partial charge in [-0.1, -0.05) is 18.2 Å². The maximum Gasteiger partial charge on any atom is 0.311 e. The number of nitrogens with zero attached hydrogens (tertiary/aromatic N) is 2. The molecule has 1 aliphatic rings. The molecule has 0 radical (unpaired) electrons. The molecule has 8 heteroatoms. The number of benzene rings is 2. The Hall–Kier alpha value is -2.48. The second-order valence-corrected chi connectivity index (χ2v) is 8.90. The van der Waals surface area contributed by atoms with Gasteiger partial charge in [0.15, 0.2) is 9.84 Å². The van der Waals surface area contributed by atoms with Crippen molar-refractivity contribution < 1.29 is 17.7 Å². The van der Waals surface area contributed by atoms with Crippen LogP contribution in [-0.2, 0) is 16.3 Å². The number of para-hydroxylation sites is 1. The average molecular weight is 392 g/mol. The van der Waals surface area contributed by atoms with Gasteiger partial charge in [0.2, 0.25) is 0 Å². The van der Waals surface area contributed by atoms with Crippen LogP contribution in [0.1, 0.15) is 18.4 Å². The van der Waals surface area contributed by atoms with E-state index in [1.54, 1.807) is 12.1 Å². The van der Waals surface area contributed by atoms with Gasteiger partial charge in [0.05, 0.1) is 4.92 Å². The van der Waals surface area contributed by atoms with Gasteiger partial charge in [0, 0.05) is 19.3 Å². The maximum atomic E-state index is 13.3. The van der Waals surface area contributed by atoms with Gasteiger partial charge in [-0.05, 0) is 55.0 Å². The summed E-state index contributed by atoms with van der Waals surface area (Å²) < 4.78 is 37.2. The normalized spacial score (nSPS) is 15.7. The molecule has 27 heavy (non-hydrogen) atoms. The predicted octanol–water partition coefficient (Wildman–Crippen LogP) is 3.60. The number of piperidine rings is 1. The van der Waals surface area contributed by atoms with Crippen molar-refractivity contribution >= 4 is 21.2 Å². The third-order valence-corrected chi connectivity index (χ3v) is 6.06. The molecular formula is C19H21FN2O4S. The summed E-state index contributed by atoms with van der Waals surface area (Å²) >= 11 is 0. The van der Waals surface area contributed by atoms with Crippen LogP contribution < -0.4 is 4.90 Å². The molecular weight excluding hydrogens is 371 g/mol. The van der Waals surface area contributed by atoms with E-state index in [4.69, 9.17) is 0 Å². The molecule has 0 aromatic heterocycles. The van der Waals surface area contributed by atoms with E-state index in [0.717, 1.165) is 31.1 Å². The summed E-state index contributed by atoms with van der Waals surface area (Å²) in [5.41, 5.74) is 0.925. The molecule has 3 rings (SSSR count). The Kier molecular flexibility index (Phi) is 5.46. The zero-order valence-electron chi connectivity index (χ0n) is 15.0. The highest BCUT2D eigenvalue weighted by Gasteiger charge is 2.30. The Labute approximate surface area is 157 Å². The summed E-state index contributed by atoms with van der Waals surface area (Å²) in [6.07, 6.45) is 3.34. The first kappa shape index (κ1) is 19.3. The summed E-state index contributed by atoms with van der Waals surface area (Å²) in [7, 11) is -3.70. The fraction of sp³-hybridized carbons (Fsp3) is 0.368. The van der Waals surface area contributed by atoms with Crippen LogP contribution in [0.2, 0.25) is 0 Å². The van der Waals surface area contributed by atoms with Crippen molar-refractivity contribution in [2.24, 2.45) is 5.92 Å². The van der Waals surface area contributed by atoms with E-state index in [0.29, 0.717) is 24.7 Å². The number of nitro groups is 1. The molecule has 0 amide bonds. The fourth-order valence-electron chi connectivity index (χ4n) is 3.62. The minimum absolute atomic E-state index is 0.252. The number of hydrogen-bond donors (Lipinski definition) is 0. The largest absolute Gasteiger partial charge is 0.366 e. The van der Waals surface area contributed by atoms with Crippen LogP contribution in [0.3, 0.4) is 0 Å². The van der Waals surface area contributed by atoms with Crippen LogP contribution in [0.5, 0.6) is 0 Å². The fourth-order valence-corrected chi connectivity index (χ4v) is 4.48. The molecule has 0 spiro atoms. The molecule has 0 N–H and O–H groups in total. The Bertz CT molecular complexity index is 954. The highest BCUT2D eigenvalue weighted by Crippen LogP contribution is 2.36. The first-order chi connectivity index (χ1) is 12.8. The zero-order valence-corrected chi connectivity index (χ0v) is 15.8. The Morgan fingerprint density at radius 1 is 1.19 bits per heavy atom. The topological polar surface area (TPSA) is 80.5 Å². The lowest BCUT2D eigenvalue weighted by molar-refractivity contribution is -0.387. The van der Waals surface area contributed by atoms with Crippen molar-refractivity contribution in [1.29, 1.82) is 0 Å². The van der Waals surface area contributed by atoms with E-state index < -0.39 is 14.8 Å². The van der Waals surface area contributed by atoms with Crippen molar-refractivity contribution in [3.63, 3.8) is 0 Å². The minimum Gasteiger partial charge on any atom is -0.366 e. The Balaban J connectivity index is 1.77. The molecule has 1 heterocycles. The third kappa shape index (κ3) is 4.44. The van der Waals surface area contributed by atoms with E-state index >= 15 is 0 Å². The summed E-state index contributed by atoms with van der Waals surface area (Å²) in [5, 5.41) is 11.5. The summed E-state index contributed by atoms with van der Waals surface area (Å²) in [4.78, 5) is 12.5. The zero-order chi connectivity index (χ0) is 19.6. The molecule has 0 atom stereocenters. The van der Waals surface area contributed by atoms with Gasteiger partial charge < -0.3 is 4.90 Å². The van der Waals surface area contributed by atoms with Crippen molar-refractivity contribution in [3.05, 3.63) is 64.0 Å². The van der Waals surface area contributed by atoms with Crippen molar-refractivity contribution in [3.8, 4) is 0 Å². The van der Waals surface area contributed by atoms with E-state index in [-0.39, 0.29) is 16.4 Å². The van der Waals surface area contributed by atoms with Crippen molar-refractivity contribution in [2.45, 2.75) is 24.2 Å². The van der Waals surface area contributed by atoms with Crippen LogP contribution in [-0.4, -0.2) is 32.7 Å². The first-order valence-electron chi connectivity index (χ1n) is 8.72. The SMILES string of the molecule is CS(=O)(=O)c1cccc(N2CCC(Cc3cccc(F)c3)CC2)c1[N+](=O)[O-]. The monoisotopic (exact) mass is 392 g/mol. The minimum atomic E-state index is -3.70. The van der Waals surface area contributed by atoms with Gasteiger partial charge in [0.25, 0.3) is 0 Å². The maximum absolute atomic E-state index is 13.3. The molecule has 1 saturated heterocycles. The Morgan fingerprint density at radius 2 is 1.85 bits per heavy atom. The summed E-state index contributed by atoms with van der Waals surface area (Å²) in [6.45, 7) is 1.18. The highest BCUT2D eigenvalue weighted by molar-refractivity contribution is 7.90. The first-order valence-corrected chi connectivity index (χ1v) is 10.6. The van der Waals surface area contributed by atoms with Crippen molar-refractivity contribution in [2.75, 3.05) is 24.2 Å². The number of rotatable bonds is 5. The summed E-state index contributed by atoms with van der Waals surface area (Å²) in [6, 6.07) is 11.0.